The Morgan fingerprint density at radius 1 is 1.33 bits per heavy atom. The summed E-state index contributed by atoms with van der Waals surface area (Å²) in [5.41, 5.74) is 1.24. The van der Waals surface area contributed by atoms with Crippen LogP contribution in [0.25, 0.3) is 10.9 Å². The molecule has 2 aromatic rings. The number of rotatable bonds is 5. The molecule has 0 saturated heterocycles. The number of hydrogen-bond acceptors (Lipinski definition) is 2. The first kappa shape index (κ1) is 11.7. The summed E-state index contributed by atoms with van der Waals surface area (Å²) in [7, 11) is 0. The van der Waals surface area contributed by atoms with Crippen molar-refractivity contribution < 1.29 is 0 Å². The number of para-hydroxylation sites is 1. The van der Waals surface area contributed by atoms with Crippen LogP contribution in [0.2, 0.25) is 0 Å². The SMILES string of the molecule is CC(CNC1CC1)C(C)n1ncc2ccccc21. The molecule has 1 aromatic heterocycles. The fourth-order valence-electron chi connectivity index (χ4n) is 2.37. The topological polar surface area (TPSA) is 29.9 Å². The number of nitrogens with one attached hydrogen (secondary N) is 1. The van der Waals surface area contributed by atoms with Gasteiger partial charge in [0, 0.05) is 11.4 Å². The summed E-state index contributed by atoms with van der Waals surface area (Å²) in [5, 5.41) is 9.38. The Labute approximate surface area is 108 Å². The molecule has 1 fully saturated rings. The minimum absolute atomic E-state index is 0.427. The van der Waals surface area contributed by atoms with Gasteiger partial charge >= 0.3 is 0 Å². The summed E-state index contributed by atoms with van der Waals surface area (Å²) < 4.78 is 2.16. The smallest absolute Gasteiger partial charge is 0.0685 e. The van der Waals surface area contributed by atoms with Crippen LogP contribution >= 0.6 is 0 Å². The molecular formula is C15H21N3. The van der Waals surface area contributed by atoms with Gasteiger partial charge in [0.2, 0.25) is 0 Å². The lowest BCUT2D eigenvalue weighted by atomic mass is 10.0. The number of nitrogens with zero attached hydrogens (tertiary/aromatic N) is 2. The van der Waals surface area contributed by atoms with E-state index in [9.17, 15) is 0 Å². The normalized spacial score (nSPS) is 19.0. The van der Waals surface area contributed by atoms with Crippen molar-refractivity contribution >= 4 is 10.9 Å². The fraction of sp³-hybridized carbons (Fsp3) is 0.533. The molecule has 0 bridgehead atoms. The van der Waals surface area contributed by atoms with Gasteiger partial charge < -0.3 is 5.32 Å². The highest BCUT2D eigenvalue weighted by Crippen LogP contribution is 2.24. The molecule has 3 rings (SSSR count). The molecule has 3 heteroatoms. The van der Waals surface area contributed by atoms with E-state index < -0.39 is 0 Å². The molecule has 2 atom stereocenters. The average Bonchev–Trinajstić information content (AvgIpc) is 3.13. The van der Waals surface area contributed by atoms with E-state index in [4.69, 9.17) is 0 Å². The van der Waals surface area contributed by atoms with Crippen LogP contribution in [0.1, 0.15) is 32.7 Å². The molecule has 18 heavy (non-hydrogen) atoms. The summed E-state index contributed by atoms with van der Waals surface area (Å²) in [6.45, 7) is 5.65. The van der Waals surface area contributed by atoms with Crippen LogP contribution in [-0.2, 0) is 0 Å². The maximum Gasteiger partial charge on any atom is 0.0685 e. The average molecular weight is 243 g/mol. The van der Waals surface area contributed by atoms with Gasteiger partial charge in [-0.25, -0.2) is 0 Å². The lowest BCUT2D eigenvalue weighted by Crippen LogP contribution is -2.28. The summed E-state index contributed by atoms with van der Waals surface area (Å²) in [4.78, 5) is 0. The Morgan fingerprint density at radius 2 is 2.11 bits per heavy atom. The zero-order valence-electron chi connectivity index (χ0n) is 11.1. The van der Waals surface area contributed by atoms with Gasteiger partial charge in [0.1, 0.15) is 0 Å². The Kier molecular flexibility index (Phi) is 3.08. The van der Waals surface area contributed by atoms with Crippen LogP contribution in [0.15, 0.2) is 30.5 Å². The highest BCUT2D eigenvalue weighted by Gasteiger charge is 2.23. The first-order valence-electron chi connectivity index (χ1n) is 6.91. The van der Waals surface area contributed by atoms with Gasteiger partial charge in [0.25, 0.3) is 0 Å². The van der Waals surface area contributed by atoms with Crippen LogP contribution in [0.3, 0.4) is 0 Å². The van der Waals surface area contributed by atoms with Crippen molar-refractivity contribution in [1.82, 2.24) is 15.1 Å². The molecule has 2 unspecified atom stereocenters. The molecule has 1 saturated carbocycles. The van der Waals surface area contributed by atoms with Crippen molar-refractivity contribution in [2.75, 3.05) is 6.54 Å². The number of hydrogen-bond donors (Lipinski definition) is 1. The van der Waals surface area contributed by atoms with Gasteiger partial charge in [-0.1, -0.05) is 25.1 Å². The molecule has 0 spiro atoms. The number of fused-ring (bicyclic) bond motifs is 1. The van der Waals surface area contributed by atoms with Crippen molar-refractivity contribution in [1.29, 1.82) is 0 Å². The Hall–Kier alpha value is -1.35. The van der Waals surface area contributed by atoms with Crippen molar-refractivity contribution in [3.63, 3.8) is 0 Å². The van der Waals surface area contributed by atoms with E-state index in [1.807, 2.05) is 6.20 Å². The van der Waals surface area contributed by atoms with E-state index in [-0.39, 0.29) is 0 Å². The second-order valence-corrected chi connectivity index (χ2v) is 5.55. The molecule has 0 aliphatic heterocycles. The first-order valence-corrected chi connectivity index (χ1v) is 6.91. The molecular weight excluding hydrogens is 222 g/mol. The van der Waals surface area contributed by atoms with Gasteiger partial charge in [0.15, 0.2) is 0 Å². The van der Waals surface area contributed by atoms with E-state index in [2.05, 4.69) is 53.2 Å². The van der Waals surface area contributed by atoms with E-state index in [0.717, 1.165) is 12.6 Å². The predicted molar refractivity (Wildman–Crippen MR) is 74.6 cm³/mol. The van der Waals surface area contributed by atoms with Crippen molar-refractivity contribution in [2.24, 2.45) is 5.92 Å². The molecule has 0 amide bonds. The summed E-state index contributed by atoms with van der Waals surface area (Å²) in [6.07, 6.45) is 4.67. The quantitative estimate of drug-likeness (QED) is 0.875. The van der Waals surface area contributed by atoms with Gasteiger partial charge in [-0.15, -0.1) is 0 Å². The van der Waals surface area contributed by atoms with Crippen LogP contribution in [-0.4, -0.2) is 22.4 Å². The number of aromatic nitrogens is 2. The Balaban J connectivity index is 1.75. The maximum absolute atomic E-state index is 4.55. The Morgan fingerprint density at radius 3 is 2.89 bits per heavy atom. The Bertz CT molecular complexity index is 527. The largest absolute Gasteiger partial charge is 0.314 e. The summed E-state index contributed by atoms with van der Waals surface area (Å²) in [6, 6.07) is 9.64. The van der Waals surface area contributed by atoms with Crippen molar-refractivity contribution in [3.8, 4) is 0 Å². The molecule has 1 aliphatic carbocycles. The zero-order chi connectivity index (χ0) is 12.5. The highest BCUT2D eigenvalue weighted by molar-refractivity contribution is 5.78. The summed E-state index contributed by atoms with van der Waals surface area (Å²) >= 11 is 0. The van der Waals surface area contributed by atoms with Crippen LogP contribution in [0.4, 0.5) is 0 Å². The van der Waals surface area contributed by atoms with Crippen molar-refractivity contribution in [3.05, 3.63) is 30.5 Å². The van der Waals surface area contributed by atoms with E-state index in [1.54, 1.807) is 0 Å². The fourth-order valence-corrected chi connectivity index (χ4v) is 2.37. The third-order valence-electron chi connectivity index (χ3n) is 4.02. The van der Waals surface area contributed by atoms with E-state index in [1.165, 1.54) is 23.7 Å². The van der Waals surface area contributed by atoms with Gasteiger partial charge in [-0.05, 0) is 38.3 Å². The van der Waals surface area contributed by atoms with Crippen LogP contribution in [0.5, 0.6) is 0 Å². The van der Waals surface area contributed by atoms with Crippen molar-refractivity contribution in [2.45, 2.75) is 38.8 Å². The second kappa shape index (κ2) is 4.73. The minimum Gasteiger partial charge on any atom is -0.314 e. The first-order chi connectivity index (χ1) is 8.75. The number of benzene rings is 1. The lowest BCUT2D eigenvalue weighted by molar-refractivity contribution is 0.344. The predicted octanol–water partition coefficient (Wildman–Crippen LogP) is 2.99. The van der Waals surface area contributed by atoms with E-state index in [0.29, 0.717) is 12.0 Å². The van der Waals surface area contributed by atoms with E-state index >= 15 is 0 Å². The van der Waals surface area contributed by atoms with Gasteiger partial charge in [-0.2, -0.15) is 5.10 Å². The molecule has 1 aromatic carbocycles. The standard InChI is InChI=1S/C15H21N3/c1-11(9-16-14-7-8-14)12(2)18-15-6-4-3-5-13(15)10-17-18/h3-6,10-12,14,16H,7-9H2,1-2H3. The summed E-state index contributed by atoms with van der Waals surface area (Å²) in [5.74, 6) is 0.592. The van der Waals surface area contributed by atoms with Crippen LogP contribution in [0, 0.1) is 5.92 Å². The molecule has 1 aliphatic rings. The molecule has 3 nitrogen and oxygen atoms in total. The molecule has 1 heterocycles. The second-order valence-electron chi connectivity index (χ2n) is 5.55. The third kappa shape index (κ3) is 2.27. The lowest BCUT2D eigenvalue weighted by Gasteiger charge is -2.21. The van der Waals surface area contributed by atoms with Gasteiger partial charge in [-0.3, -0.25) is 4.68 Å². The molecule has 96 valence electrons. The zero-order valence-corrected chi connectivity index (χ0v) is 11.1. The molecule has 0 radical (unpaired) electrons. The van der Waals surface area contributed by atoms with Gasteiger partial charge in [0.05, 0.1) is 17.8 Å². The molecule has 1 N–H and O–H groups in total. The van der Waals surface area contributed by atoms with Crippen LogP contribution < -0.4 is 5.32 Å². The maximum atomic E-state index is 4.55. The third-order valence-corrected chi connectivity index (χ3v) is 4.02. The monoisotopic (exact) mass is 243 g/mol. The highest BCUT2D eigenvalue weighted by atomic mass is 15.3. The minimum atomic E-state index is 0.427.